The van der Waals surface area contributed by atoms with Crippen molar-refractivity contribution in [3.05, 3.63) is 90.0 Å². The molecule has 0 amide bonds. The van der Waals surface area contributed by atoms with E-state index in [1.165, 1.54) is 23.4 Å². The van der Waals surface area contributed by atoms with Crippen LogP contribution in [-0.2, 0) is 12.1 Å². The zero-order valence-electron chi connectivity index (χ0n) is 17.9. The summed E-state index contributed by atoms with van der Waals surface area (Å²) in [4.78, 5) is 16.1. The van der Waals surface area contributed by atoms with Crippen molar-refractivity contribution in [2.45, 2.75) is 32.4 Å². The third-order valence-electron chi connectivity index (χ3n) is 5.16. The number of carbonyl (C=O) groups is 1. The van der Waals surface area contributed by atoms with Crippen LogP contribution >= 0.6 is 0 Å². The number of halogens is 2. The summed E-state index contributed by atoms with van der Waals surface area (Å²) in [5.41, 5.74) is -1.48. The van der Waals surface area contributed by atoms with E-state index in [9.17, 15) is 18.7 Å². The van der Waals surface area contributed by atoms with Gasteiger partial charge in [-0.15, -0.1) is 0 Å². The van der Waals surface area contributed by atoms with Gasteiger partial charge in [0, 0.05) is 17.2 Å². The summed E-state index contributed by atoms with van der Waals surface area (Å²) in [5, 5.41) is 15.2. The molecular formula is C24H25F2N3O3. The Balaban J connectivity index is 1.76. The SMILES string of the molecule is CCC(C)/C=C/C(=O)c1ccc(OCC(O)(Cn2cncn2)c2ccc(F)cc2F)cc1. The van der Waals surface area contributed by atoms with Crippen LogP contribution in [-0.4, -0.2) is 32.3 Å². The molecule has 3 aromatic rings. The van der Waals surface area contributed by atoms with Crippen LogP contribution < -0.4 is 4.74 Å². The predicted octanol–water partition coefficient (Wildman–Crippen LogP) is 4.31. The van der Waals surface area contributed by atoms with Gasteiger partial charge in [0.15, 0.2) is 5.78 Å². The van der Waals surface area contributed by atoms with Gasteiger partial charge >= 0.3 is 0 Å². The zero-order chi connectivity index (χ0) is 23.1. The summed E-state index contributed by atoms with van der Waals surface area (Å²) >= 11 is 0. The van der Waals surface area contributed by atoms with E-state index >= 15 is 0 Å². The average Bonchev–Trinajstić information content (AvgIpc) is 3.28. The van der Waals surface area contributed by atoms with Crippen LogP contribution in [0.5, 0.6) is 5.75 Å². The van der Waals surface area contributed by atoms with Gasteiger partial charge in [0.2, 0.25) is 0 Å². The Labute approximate surface area is 185 Å². The van der Waals surface area contributed by atoms with Crippen molar-refractivity contribution >= 4 is 5.78 Å². The maximum atomic E-state index is 14.5. The number of hydrogen-bond acceptors (Lipinski definition) is 5. The number of aliphatic hydroxyl groups is 1. The van der Waals surface area contributed by atoms with Gasteiger partial charge in [0.1, 0.15) is 42.2 Å². The Morgan fingerprint density at radius 3 is 2.62 bits per heavy atom. The molecule has 1 aromatic heterocycles. The third-order valence-corrected chi connectivity index (χ3v) is 5.16. The number of ether oxygens (including phenoxy) is 1. The van der Waals surface area contributed by atoms with E-state index in [0.717, 1.165) is 12.5 Å². The van der Waals surface area contributed by atoms with Crippen molar-refractivity contribution in [3.63, 3.8) is 0 Å². The first kappa shape index (κ1) is 23.3. The van der Waals surface area contributed by atoms with Crippen LogP contribution in [0, 0.1) is 17.6 Å². The van der Waals surface area contributed by atoms with Crippen LogP contribution in [0.25, 0.3) is 0 Å². The van der Waals surface area contributed by atoms with E-state index in [4.69, 9.17) is 4.74 Å². The number of rotatable bonds is 10. The molecule has 8 heteroatoms. The van der Waals surface area contributed by atoms with E-state index in [2.05, 4.69) is 10.1 Å². The normalized spacial score (nSPS) is 14.3. The second-order valence-corrected chi connectivity index (χ2v) is 7.67. The number of carbonyl (C=O) groups excluding carboxylic acids is 1. The molecule has 0 aliphatic carbocycles. The summed E-state index contributed by atoms with van der Waals surface area (Å²) in [6.07, 6.45) is 7.03. The molecular weight excluding hydrogens is 416 g/mol. The van der Waals surface area contributed by atoms with E-state index < -0.39 is 17.2 Å². The molecule has 0 saturated carbocycles. The monoisotopic (exact) mass is 441 g/mol. The van der Waals surface area contributed by atoms with Crippen LogP contribution in [0.2, 0.25) is 0 Å². The molecule has 0 aliphatic rings. The standard InChI is InChI=1S/C24H25F2N3O3/c1-3-17(2)4-11-23(30)18-5-8-20(9-6-18)32-14-24(31,13-29-16-27-15-28-29)21-10-7-19(25)12-22(21)26/h4-12,15-17,31H,3,13-14H2,1-2H3/b11-4+. The van der Waals surface area contributed by atoms with Gasteiger partial charge in [0.25, 0.3) is 0 Å². The lowest BCUT2D eigenvalue weighted by atomic mass is 9.94. The Morgan fingerprint density at radius 1 is 1.25 bits per heavy atom. The fraction of sp³-hybridized carbons (Fsp3) is 0.292. The first-order chi connectivity index (χ1) is 15.3. The second kappa shape index (κ2) is 10.3. The highest BCUT2D eigenvalue weighted by Crippen LogP contribution is 2.28. The Kier molecular flexibility index (Phi) is 7.48. The highest BCUT2D eigenvalue weighted by molar-refractivity contribution is 6.04. The number of ketones is 1. The molecule has 6 nitrogen and oxygen atoms in total. The lowest BCUT2D eigenvalue weighted by Gasteiger charge is -2.29. The van der Waals surface area contributed by atoms with Crippen molar-refractivity contribution in [1.82, 2.24) is 14.8 Å². The van der Waals surface area contributed by atoms with Crippen molar-refractivity contribution < 1.29 is 23.4 Å². The fourth-order valence-electron chi connectivity index (χ4n) is 3.06. The molecule has 0 radical (unpaired) electrons. The summed E-state index contributed by atoms with van der Waals surface area (Å²) in [6.45, 7) is 3.59. The zero-order valence-corrected chi connectivity index (χ0v) is 17.9. The van der Waals surface area contributed by atoms with Gasteiger partial charge in [-0.25, -0.2) is 18.4 Å². The number of benzene rings is 2. The minimum absolute atomic E-state index is 0.118. The molecule has 0 bridgehead atoms. The average molecular weight is 441 g/mol. The predicted molar refractivity (Wildman–Crippen MR) is 115 cm³/mol. The molecule has 2 unspecified atom stereocenters. The quantitative estimate of drug-likeness (QED) is 0.375. The number of nitrogens with zero attached hydrogens (tertiary/aromatic N) is 3. The third kappa shape index (κ3) is 5.85. The topological polar surface area (TPSA) is 77.2 Å². The number of hydrogen-bond donors (Lipinski definition) is 1. The van der Waals surface area contributed by atoms with E-state index in [1.807, 2.05) is 19.9 Å². The molecule has 2 atom stereocenters. The largest absolute Gasteiger partial charge is 0.490 e. The number of allylic oxidation sites excluding steroid dienone is 2. The maximum Gasteiger partial charge on any atom is 0.185 e. The van der Waals surface area contributed by atoms with Crippen LogP contribution in [0.15, 0.2) is 67.3 Å². The van der Waals surface area contributed by atoms with Crippen LogP contribution in [0.4, 0.5) is 8.78 Å². The minimum Gasteiger partial charge on any atom is -0.490 e. The Morgan fingerprint density at radius 2 is 2.00 bits per heavy atom. The Bertz CT molecular complexity index is 1070. The maximum absolute atomic E-state index is 14.5. The van der Waals surface area contributed by atoms with Crippen LogP contribution in [0.1, 0.15) is 36.2 Å². The minimum atomic E-state index is -1.85. The van der Waals surface area contributed by atoms with E-state index in [-0.39, 0.29) is 24.5 Å². The fourth-order valence-corrected chi connectivity index (χ4v) is 3.06. The number of aromatic nitrogens is 3. The van der Waals surface area contributed by atoms with Crippen molar-refractivity contribution in [2.24, 2.45) is 5.92 Å². The molecule has 0 saturated heterocycles. The smallest absolute Gasteiger partial charge is 0.185 e. The van der Waals surface area contributed by atoms with Gasteiger partial charge < -0.3 is 9.84 Å². The summed E-state index contributed by atoms with van der Waals surface area (Å²) in [5.74, 6) is -1.07. The van der Waals surface area contributed by atoms with Gasteiger partial charge in [-0.1, -0.05) is 32.4 Å². The molecule has 32 heavy (non-hydrogen) atoms. The summed E-state index contributed by atoms with van der Waals surface area (Å²) in [7, 11) is 0. The van der Waals surface area contributed by atoms with Gasteiger partial charge in [-0.05, 0) is 42.3 Å². The van der Waals surface area contributed by atoms with Crippen LogP contribution in [0.3, 0.4) is 0 Å². The lowest BCUT2D eigenvalue weighted by Crippen LogP contribution is -2.39. The Hall–Kier alpha value is -3.39. The van der Waals surface area contributed by atoms with Crippen molar-refractivity contribution in [1.29, 1.82) is 0 Å². The summed E-state index contributed by atoms with van der Waals surface area (Å²) < 4.78 is 34.9. The van der Waals surface area contributed by atoms with Crippen molar-refractivity contribution in [2.75, 3.05) is 6.61 Å². The van der Waals surface area contributed by atoms with Gasteiger partial charge in [-0.3, -0.25) is 4.79 Å². The van der Waals surface area contributed by atoms with Gasteiger partial charge in [0.05, 0.1) is 6.54 Å². The molecule has 1 N–H and O–H groups in total. The van der Waals surface area contributed by atoms with Crippen molar-refractivity contribution in [3.8, 4) is 5.75 Å². The molecule has 2 aromatic carbocycles. The van der Waals surface area contributed by atoms with Gasteiger partial charge in [-0.2, -0.15) is 5.10 Å². The first-order valence-corrected chi connectivity index (χ1v) is 10.3. The molecule has 3 rings (SSSR count). The molecule has 1 heterocycles. The molecule has 168 valence electrons. The summed E-state index contributed by atoms with van der Waals surface area (Å²) in [6, 6.07) is 9.38. The first-order valence-electron chi connectivity index (χ1n) is 10.3. The molecule has 0 aliphatic heterocycles. The molecule has 0 fully saturated rings. The van der Waals surface area contributed by atoms with E-state index in [0.29, 0.717) is 23.3 Å². The second-order valence-electron chi connectivity index (χ2n) is 7.67. The van der Waals surface area contributed by atoms with E-state index in [1.54, 1.807) is 30.3 Å². The highest BCUT2D eigenvalue weighted by atomic mass is 19.1. The molecule has 0 spiro atoms. The highest BCUT2D eigenvalue weighted by Gasteiger charge is 2.34. The lowest BCUT2D eigenvalue weighted by molar-refractivity contribution is -0.0297.